The van der Waals surface area contributed by atoms with E-state index in [1.165, 1.54) is 29.2 Å². The monoisotopic (exact) mass is 687 g/mol. The number of nitrogens with zero attached hydrogens (tertiary/aromatic N) is 2. The Morgan fingerprint density at radius 2 is 1.56 bits per heavy atom. The van der Waals surface area contributed by atoms with Gasteiger partial charge in [-0.15, -0.1) is 0 Å². The average Bonchev–Trinajstić information content (AvgIpc) is 3.59. The molecule has 0 bridgehead atoms. The van der Waals surface area contributed by atoms with E-state index in [4.69, 9.17) is 16.3 Å². The maximum Gasteiger partial charge on any atom is 0.264 e. The second kappa shape index (κ2) is 16.2. The fraction of sp³-hybridized carbons (Fsp3) is 0.316. The van der Waals surface area contributed by atoms with Crippen molar-refractivity contribution in [3.05, 3.63) is 125 Å². The van der Waals surface area contributed by atoms with Crippen molar-refractivity contribution in [2.45, 2.75) is 69.5 Å². The van der Waals surface area contributed by atoms with Crippen LogP contribution in [0.5, 0.6) is 5.75 Å². The highest BCUT2D eigenvalue weighted by atomic mass is 35.5. The number of carbonyl (C=O) groups is 2. The highest BCUT2D eigenvalue weighted by Crippen LogP contribution is 2.28. The van der Waals surface area contributed by atoms with E-state index in [0.29, 0.717) is 17.4 Å². The number of benzene rings is 4. The van der Waals surface area contributed by atoms with Gasteiger partial charge in [-0.1, -0.05) is 84.6 Å². The molecule has 2 amide bonds. The van der Waals surface area contributed by atoms with Crippen LogP contribution in [0.2, 0.25) is 5.02 Å². The van der Waals surface area contributed by atoms with E-state index in [2.05, 4.69) is 5.32 Å². The summed E-state index contributed by atoms with van der Waals surface area (Å²) < 4.78 is 35.2. The molecule has 8 nitrogen and oxygen atoms in total. The predicted octanol–water partition coefficient (Wildman–Crippen LogP) is 6.94. The van der Waals surface area contributed by atoms with E-state index in [1.54, 1.807) is 24.3 Å². The van der Waals surface area contributed by atoms with Gasteiger partial charge in [-0.3, -0.25) is 13.9 Å². The minimum Gasteiger partial charge on any atom is -0.494 e. The minimum absolute atomic E-state index is 0.0152. The second-order valence-electron chi connectivity index (χ2n) is 12.1. The van der Waals surface area contributed by atoms with E-state index in [0.717, 1.165) is 46.7 Å². The second-order valence-corrected chi connectivity index (χ2v) is 14.4. The quantitative estimate of drug-likeness (QED) is 0.155. The Morgan fingerprint density at radius 3 is 2.21 bits per heavy atom. The van der Waals surface area contributed by atoms with Crippen LogP contribution in [0, 0.1) is 6.92 Å². The van der Waals surface area contributed by atoms with Gasteiger partial charge < -0.3 is 15.0 Å². The van der Waals surface area contributed by atoms with E-state index >= 15 is 0 Å². The summed E-state index contributed by atoms with van der Waals surface area (Å²) in [6.07, 6.45) is 4.13. The lowest BCUT2D eigenvalue weighted by Crippen LogP contribution is -2.54. The summed E-state index contributed by atoms with van der Waals surface area (Å²) in [5, 5.41) is 3.59. The maximum atomic E-state index is 14.7. The third-order valence-electron chi connectivity index (χ3n) is 8.52. The van der Waals surface area contributed by atoms with Crippen LogP contribution in [0.25, 0.3) is 0 Å². The summed E-state index contributed by atoms with van der Waals surface area (Å²) in [6.45, 7) is 3.86. The standard InChI is InChI=1S/C38H42ClN3O5S/c1-3-47-34-20-18-33(19-21-34)42(48(45,46)35-22-16-31(39)17-23-35)27-37(43)41(26-30-13-9-10-28(2)24-30)36(25-29-11-5-4-6-12-29)38(44)40-32-14-7-8-15-32/h4-6,9-13,16-24,32,36H,3,7-8,14-15,25-27H2,1-2H3,(H,40,44)/t36-/m1/s1. The molecule has 1 aliphatic rings. The molecule has 1 saturated carbocycles. The Kier molecular flexibility index (Phi) is 11.8. The number of hydrogen-bond acceptors (Lipinski definition) is 5. The van der Waals surface area contributed by atoms with Crippen LogP contribution in [0.15, 0.2) is 108 Å². The number of amides is 2. The molecular weight excluding hydrogens is 646 g/mol. The number of aryl methyl sites for hydroxylation is 1. The maximum absolute atomic E-state index is 14.7. The Balaban J connectivity index is 1.56. The minimum atomic E-state index is -4.24. The number of hydrogen-bond donors (Lipinski definition) is 1. The van der Waals surface area contributed by atoms with Gasteiger partial charge in [0.1, 0.15) is 18.3 Å². The fourth-order valence-electron chi connectivity index (χ4n) is 6.07. The van der Waals surface area contributed by atoms with Crippen LogP contribution < -0.4 is 14.4 Å². The van der Waals surface area contributed by atoms with E-state index in [9.17, 15) is 18.0 Å². The molecule has 4 aromatic rings. The third kappa shape index (κ3) is 8.96. The Labute approximate surface area is 288 Å². The number of ether oxygens (including phenoxy) is 1. The molecule has 0 aliphatic heterocycles. The molecule has 4 aromatic carbocycles. The molecule has 1 aliphatic carbocycles. The van der Waals surface area contributed by atoms with Gasteiger partial charge in [-0.05, 0) is 86.3 Å². The molecule has 1 N–H and O–H groups in total. The zero-order valence-corrected chi connectivity index (χ0v) is 28.9. The van der Waals surface area contributed by atoms with Crippen LogP contribution in [-0.2, 0) is 32.6 Å². The lowest BCUT2D eigenvalue weighted by Gasteiger charge is -2.34. The van der Waals surface area contributed by atoms with Crippen LogP contribution in [0.1, 0.15) is 49.3 Å². The SMILES string of the molecule is CCOc1ccc(N(CC(=O)N(Cc2cccc(C)c2)[C@H](Cc2ccccc2)C(=O)NC2CCCC2)S(=O)(=O)c2ccc(Cl)cc2)cc1. The first-order valence-electron chi connectivity index (χ1n) is 16.3. The van der Waals surface area contributed by atoms with Crippen LogP contribution >= 0.6 is 11.6 Å². The zero-order chi connectivity index (χ0) is 34.1. The molecule has 0 unspecified atom stereocenters. The van der Waals surface area contributed by atoms with Gasteiger partial charge in [0.15, 0.2) is 0 Å². The van der Waals surface area contributed by atoms with Crippen molar-refractivity contribution >= 4 is 39.1 Å². The van der Waals surface area contributed by atoms with Crippen molar-refractivity contribution in [3.8, 4) is 5.75 Å². The first-order valence-corrected chi connectivity index (χ1v) is 18.2. The van der Waals surface area contributed by atoms with Crippen molar-refractivity contribution in [1.82, 2.24) is 10.2 Å². The van der Waals surface area contributed by atoms with Gasteiger partial charge in [0, 0.05) is 24.0 Å². The van der Waals surface area contributed by atoms with Gasteiger partial charge in [-0.25, -0.2) is 8.42 Å². The highest BCUT2D eigenvalue weighted by molar-refractivity contribution is 7.92. The predicted molar refractivity (Wildman–Crippen MR) is 190 cm³/mol. The lowest BCUT2D eigenvalue weighted by atomic mass is 10.0. The molecule has 5 rings (SSSR count). The van der Waals surface area contributed by atoms with Gasteiger partial charge in [0.2, 0.25) is 11.8 Å². The zero-order valence-electron chi connectivity index (χ0n) is 27.3. The molecular formula is C38H42ClN3O5S. The number of anilines is 1. The van der Waals surface area contributed by atoms with Crippen molar-refractivity contribution in [3.63, 3.8) is 0 Å². The third-order valence-corrected chi connectivity index (χ3v) is 10.6. The Hall–Kier alpha value is -4.34. The van der Waals surface area contributed by atoms with Gasteiger partial charge >= 0.3 is 0 Å². The van der Waals surface area contributed by atoms with Crippen LogP contribution in [0.3, 0.4) is 0 Å². The molecule has 10 heteroatoms. The van der Waals surface area contributed by atoms with Gasteiger partial charge in [-0.2, -0.15) is 0 Å². The Morgan fingerprint density at radius 1 is 0.896 bits per heavy atom. The summed E-state index contributed by atoms with van der Waals surface area (Å²) in [5.74, 6) is -0.186. The van der Waals surface area contributed by atoms with Gasteiger partial charge in [0.25, 0.3) is 10.0 Å². The number of halogens is 1. The summed E-state index contributed by atoms with van der Waals surface area (Å²) in [7, 11) is -4.24. The molecule has 48 heavy (non-hydrogen) atoms. The summed E-state index contributed by atoms with van der Waals surface area (Å²) in [5.41, 5.74) is 3.02. The molecule has 0 saturated heterocycles. The molecule has 0 spiro atoms. The van der Waals surface area contributed by atoms with Crippen LogP contribution in [0.4, 0.5) is 5.69 Å². The fourth-order valence-corrected chi connectivity index (χ4v) is 7.61. The first kappa shape index (κ1) is 35.0. The topological polar surface area (TPSA) is 96.0 Å². The largest absolute Gasteiger partial charge is 0.494 e. The van der Waals surface area contributed by atoms with Crippen molar-refractivity contribution < 1.29 is 22.7 Å². The van der Waals surface area contributed by atoms with Crippen molar-refractivity contribution in [2.24, 2.45) is 0 Å². The molecule has 252 valence electrons. The van der Waals surface area contributed by atoms with Crippen molar-refractivity contribution in [2.75, 3.05) is 17.5 Å². The lowest BCUT2D eigenvalue weighted by molar-refractivity contribution is -0.140. The van der Waals surface area contributed by atoms with E-state index in [-0.39, 0.29) is 35.5 Å². The average molecular weight is 688 g/mol. The molecule has 1 atom stereocenters. The summed E-state index contributed by atoms with van der Waals surface area (Å²) >= 11 is 6.09. The van der Waals surface area contributed by atoms with Crippen LogP contribution in [-0.4, -0.2) is 50.4 Å². The molecule has 0 aromatic heterocycles. The Bertz CT molecular complexity index is 1780. The normalized spacial score (nSPS) is 13.9. The molecule has 0 heterocycles. The molecule has 0 radical (unpaired) electrons. The van der Waals surface area contributed by atoms with E-state index in [1.807, 2.05) is 68.4 Å². The highest BCUT2D eigenvalue weighted by Gasteiger charge is 2.35. The summed E-state index contributed by atoms with van der Waals surface area (Å²) in [6, 6.07) is 28.9. The smallest absolute Gasteiger partial charge is 0.264 e. The summed E-state index contributed by atoms with van der Waals surface area (Å²) in [4.78, 5) is 30.4. The first-order chi connectivity index (χ1) is 23.1. The molecule has 1 fully saturated rings. The number of nitrogens with one attached hydrogen (secondary N) is 1. The van der Waals surface area contributed by atoms with Crippen molar-refractivity contribution in [1.29, 1.82) is 0 Å². The number of carbonyl (C=O) groups excluding carboxylic acids is 2. The van der Waals surface area contributed by atoms with E-state index < -0.39 is 28.5 Å². The van der Waals surface area contributed by atoms with Gasteiger partial charge in [0.05, 0.1) is 17.2 Å². The number of sulfonamides is 1. The number of rotatable bonds is 14.